The third-order valence-corrected chi connectivity index (χ3v) is 6.50. The quantitative estimate of drug-likeness (QED) is 0.711. The molecule has 3 nitrogen and oxygen atoms in total. The lowest BCUT2D eigenvalue weighted by Gasteiger charge is -2.33. The van der Waals surface area contributed by atoms with Crippen LogP contribution in [-0.2, 0) is 10.0 Å². The van der Waals surface area contributed by atoms with Crippen molar-refractivity contribution in [1.82, 2.24) is 4.31 Å². The predicted octanol–water partition coefficient (Wildman–Crippen LogP) is 3.88. The van der Waals surface area contributed by atoms with E-state index < -0.39 is 10.0 Å². The van der Waals surface area contributed by atoms with Gasteiger partial charge in [0.2, 0.25) is 10.0 Å². The van der Waals surface area contributed by atoms with Gasteiger partial charge < -0.3 is 0 Å². The molecular weight excluding hydrogens is 374 g/mol. The van der Waals surface area contributed by atoms with Crippen molar-refractivity contribution in [2.75, 3.05) is 24.7 Å². The standard InChI is InChI=1S/C15H21BrClNO2S/c1-21(19,20)18-8-4-5-12(11-18)9-13(10-16)14-6-2-3-7-15(14)17/h2-3,6-7,12-13H,4-5,8-11H2,1H3. The third kappa shape index (κ3) is 4.68. The van der Waals surface area contributed by atoms with Crippen LogP contribution in [0.25, 0.3) is 0 Å². The Labute approximate surface area is 140 Å². The molecule has 1 aliphatic rings. The molecule has 1 aromatic rings. The van der Waals surface area contributed by atoms with E-state index in [1.165, 1.54) is 6.26 Å². The van der Waals surface area contributed by atoms with Crippen molar-refractivity contribution < 1.29 is 8.42 Å². The molecule has 0 N–H and O–H groups in total. The zero-order valence-electron chi connectivity index (χ0n) is 12.1. The Morgan fingerprint density at radius 1 is 1.43 bits per heavy atom. The fourth-order valence-electron chi connectivity index (χ4n) is 3.00. The molecule has 0 radical (unpaired) electrons. The van der Waals surface area contributed by atoms with E-state index >= 15 is 0 Å². The number of alkyl halides is 1. The van der Waals surface area contributed by atoms with Gasteiger partial charge in [-0.25, -0.2) is 12.7 Å². The minimum Gasteiger partial charge on any atom is -0.213 e. The van der Waals surface area contributed by atoms with Crippen molar-refractivity contribution in [3.63, 3.8) is 0 Å². The molecule has 2 atom stereocenters. The maximum Gasteiger partial charge on any atom is 0.211 e. The highest BCUT2D eigenvalue weighted by Gasteiger charge is 2.28. The molecule has 118 valence electrons. The highest BCUT2D eigenvalue weighted by molar-refractivity contribution is 9.09. The van der Waals surface area contributed by atoms with Gasteiger partial charge in [0, 0.05) is 23.4 Å². The van der Waals surface area contributed by atoms with Crippen LogP contribution >= 0.6 is 27.5 Å². The van der Waals surface area contributed by atoms with Crippen molar-refractivity contribution >= 4 is 37.6 Å². The number of piperidine rings is 1. The molecule has 1 aromatic carbocycles. The van der Waals surface area contributed by atoms with Crippen molar-refractivity contribution in [3.05, 3.63) is 34.9 Å². The number of rotatable bonds is 5. The van der Waals surface area contributed by atoms with Crippen LogP contribution in [0.2, 0.25) is 5.02 Å². The Kier molecular flexibility index (Phi) is 6.12. The van der Waals surface area contributed by atoms with Gasteiger partial charge in [0.15, 0.2) is 0 Å². The monoisotopic (exact) mass is 393 g/mol. The molecule has 6 heteroatoms. The Morgan fingerprint density at radius 2 is 2.14 bits per heavy atom. The molecule has 2 unspecified atom stereocenters. The van der Waals surface area contributed by atoms with Gasteiger partial charge in [-0.05, 0) is 42.7 Å². The maximum atomic E-state index is 11.7. The van der Waals surface area contributed by atoms with Gasteiger partial charge in [0.1, 0.15) is 0 Å². The first-order chi connectivity index (χ1) is 9.91. The minimum atomic E-state index is -3.08. The SMILES string of the molecule is CS(=O)(=O)N1CCCC(CC(CBr)c2ccccc2Cl)C1. The molecule has 0 amide bonds. The van der Waals surface area contributed by atoms with Gasteiger partial charge in [-0.15, -0.1) is 0 Å². The summed E-state index contributed by atoms with van der Waals surface area (Å²) in [7, 11) is -3.08. The number of hydrogen-bond acceptors (Lipinski definition) is 2. The minimum absolute atomic E-state index is 0.322. The van der Waals surface area contributed by atoms with Crippen LogP contribution in [0.3, 0.4) is 0 Å². The molecular formula is C15H21BrClNO2S. The molecule has 0 saturated carbocycles. The van der Waals surface area contributed by atoms with Crippen LogP contribution in [0.15, 0.2) is 24.3 Å². The highest BCUT2D eigenvalue weighted by Crippen LogP contribution is 2.34. The largest absolute Gasteiger partial charge is 0.213 e. The summed E-state index contributed by atoms with van der Waals surface area (Å²) in [6.45, 7) is 1.28. The Bertz CT molecular complexity index is 579. The second-order valence-electron chi connectivity index (χ2n) is 5.74. The second kappa shape index (κ2) is 7.44. The van der Waals surface area contributed by atoms with Gasteiger partial charge in [0.25, 0.3) is 0 Å². The average Bonchev–Trinajstić information content (AvgIpc) is 2.45. The normalized spacial score (nSPS) is 22.1. The molecule has 21 heavy (non-hydrogen) atoms. The summed E-state index contributed by atoms with van der Waals surface area (Å²) in [5.41, 5.74) is 1.15. The van der Waals surface area contributed by atoms with Crippen molar-refractivity contribution in [1.29, 1.82) is 0 Å². The van der Waals surface area contributed by atoms with E-state index in [0.717, 1.165) is 35.2 Å². The van der Waals surface area contributed by atoms with E-state index in [9.17, 15) is 8.42 Å². The fraction of sp³-hybridized carbons (Fsp3) is 0.600. The molecule has 1 heterocycles. The molecule has 0 aromatic heterocycles. The van der Waals surface area contributed by atoms with E-state index in [-0.39, 0.29) is 0 Å². The van der Waals surface area contributed by atoms with Crippen LogP contribution in [0.4, 0.5) is 0 Å². The van der Waals surface area contributed by atoms with Gasteiger partial charge >= 0.3 is 0 Å². The Morgan fingerprint density at radius 3 is 2.76 bits per heavy atom. The van der Waals surface area contributed by atoms with Crippen LogP contribution in [0, 0.1) is 5.92 Å². The summed E-state index contributed by atoms with van der Waals surface area (Å²) in [6.07, 6.45) is 4.28. The van der Waals surface area contributed by atoms with Crippen LogP contribution in [0.5, 0.6) is 0 Å². The van der Waals surface area contributed by atoms with Crippen molar-refractivity contribution in [2.24, 2.45) is 5.92 Å². The molecule has 2 rings (SSSR count). The van der Waals surface area contributed by atoms with E-state index in [1.807, 2.05) is 18.2 Å². The maximum absolute atomic E-state index is 11.7. The number of nitrogens with zero attached hydrogens (tertiary/aromatic N) is 1. The van der Waals surface area contributed by atoms with Gasteiger partial charge in [-0.1, -0.05) is 45.7 Å². The number of halogens is 2. The van der Waals surface area contributed by atoms with Gasteiger partial charge in [-0.2, -0.15) is 0 Å². The predicted molar refractivity (Wildman–Crippen MR) is 91.7 cm³/mol. The van der Waals surface area contributed by atoms with Crippen molar-refractivity contribution in [3.8, 4) is 0 Å². The second-order valence-corrected chi connectivity index (χ2v) is 8.77. The van der Waals surface area contributed by atoms with E-state index in [2.05, 4.69) is 22.0 Å². The lowest BCUT2D eigenvalue weighted by Crippen LogP contribution is -2.39. The highest BCUT2D eigenvalue weighted by atomic mass is 79.9. The molecule has 1 saturated heterocycles. The molecule has 0 aliphatic carbocycles. The smallest absolute Gasteiger partial charge is 0.211 e. The lowest BCUT2D eigenvalue weighted by atomic mass is 9.86. The zero-order chi connectivity index (χ0) is 15.5. The van der Waals surface area contributed by atoms with Crippen LogP contribution < -0.4 is 0 Å². The molecule has 0 bridgehead atoms. The summed E-state index contributed by atoms with van der Waals surface area (Å²) in [5, 5.41) is 1.63. The average molecular weight is 395 g/mol. The van der Waals surface area contributed by atoms with E-state index in [0.29, 0.717) is 24.9 Å². The lowest BCUT2D eigenvalue weighted by molar-refractivity contribution is 0.249. The summed E-state index contributed by atoms with van der Waals surface area (Å²) < 4.78 is 25.0. The summed E-state index contributed by atoms with van der Waals surface area (Å²) in [4.78, 5) is 0. The van der Waals surface area contributed by atoms with Gasteiger partial charge in [-0.3, -0.25) is 0 Å². The summed E-state index contributed by atoms with van der Waals surface area (Å²) >= 11 is 9.87. The first-order valence-corrected chi connectivity index (χ1v) is 10.5. The number of benzene rings is 1. The number of hydrogen-bond donors (Lipinski definition) is 0. The number of sulfonamides is 1. The Balaban J connectivity index is 2.07. The third-order valence-electron chi connectivity index (χ3n) is 4.10. The zero-order valence-corrected chi connectivity index (χ0v) is 15.3. The van der Waals surface area contributed by atoms with E-state index in [1.54, 1.807) is 4.31 Å². The summed E-state index contributed by atoms with van der Waals surface area (Å²) in [6, 6.07) is 7.91. The van der Waals surface area contributed by atoms with Crippen LogP contribution in [-0.4, -0.2) is 37.4 Å². The van der Waals surface area contributed by atoms with Crippen molar-refractivity contribution in [2.45, 2.75) is 25.2 Å². The fourth-order valence-corrected chi connectivity index (χ4v) is 4.85. The first kappa shape index (κ1) is 17.3. The molecule has 0 spiro atoms. The molecule has 1 fully saturated rings. The van der Waals surface area contributed by atoms with Crippen LogP contribution in [0.1, 0.15) is 30.7 Å². The topological polar surface area (TPSA) is 37.4 Å². The first-order valence-electron chi connectivity index (χ1n) is 7.17. The van der Waals surface area contributed by atoms with E-state index in [4.69, 9.17) is 11.6 Å². The molecule has 1 aliphatic heterocycles. The summed E-state index contributed by atoms with van der Waals surface area (Å²) in [5.74, 6) is 0.718. The van der Waals surface area contributed by atoms with Gasteiger partial charge in [0.05, 0.1) is 6.26 Å². The Hall–Kier alpha value is -0.100.